The van der Waals surface area contributed by atoms with Crippen molar-refractivity contribution in [2.45, 2.75) is 205 Å². The van der Waals surface area contributed by atoms with Gasteiger partial charge in [0, 0.05) is 0 Å². The van der Waals surface area contributed by atoms with Crippen LogP contribution >= 0.6 is 0 Å². The maximum absolute atomic E-state index is 12.5. The second-order valence-corrected chi connectivity index (χ2v) is 14.8. The first kappa shape index (κ1) is 44.8. The molecule has 0 spiro atoms. The maximum Gasteiger partial charge on any atom is 0.267 e. The van der Waals surface area contributed by atoms with Gasteiger partial charge in [0.05, 0.1) is 17.9 Å². The minimum atomic E-state index is -4.44. The summed E-state index contributed by atoms with van der Waals surface area (Å²) in [6, 6.07) is -1.23. The molecule has 3 unspecified atom stereocenters. The number of hydrogen-bond donors (Lipinski definition) is 4. The summed E-state index contributed by atoms with van der Waals surface area (Å²) in [7, 11) is -4.44. The third kappa shape index (κ3) is 31.4. The number of amides is 1. The van der Waals surface area contributed by atoms with Crippen LogP contribution in [0.1, 0.15) is 187 Å². The summed E-state index contributed by atoms with van der Waals surface area (Å²) in [6.07, 6.45) is 36.5. The fourth-order valence-electron chi connectivity index (χ4n) is 5.74. The van der Waals surface area contributed by atoms with Crippen LogP contribution in [0.25, 0.3) is 0 Å². The Kier molecular flexibility index (Phi) is 31.5. The molecule has 0 bridgehead atoms. The van der Waals surface area contributed by atoms with E-state index in [2.05, 4.69) is 31.3 Å². The highest BCUT2D eigenvalue weighted by molar-refractivity contribution is 7.85. The number of carbonyl (C=O) groups excluding carboxylic acids is 1. The Morgan fingerprint density at radius 1 is 0.587 bits per heavy atom. The molecule has 3 atom stereocenters. The molecule has 0 aromatic rings. The highest BCUT2D eigenvalue weighted by Gasteiger charge is 2.27. The van der Waals surface area contributed by atoms with Crippen molar-refractivity contribution >= 4 is 16.0 Å². The van der Waals surface area contributed by atoms with Crippen LogP contribution < -0.4 is 5.32 Å². The van der Waals surface area contributed by atoms with Crippen molar-refractivity contribution < 1.29 is 28.0 Å². The fourth-order valence-corrected chi connectivity index (χ4v) is 6.48. The van der Waals surface area contributed by atoms with Crippen molar-refractivity contribution in [3.8, 4) is 0 Å². The number of aliphatic hydroxyl groups excluding tert-OH is 2. The van der Waals surface area contributed by atoms with E-state index in [-0.39, 0.29) is 6.42 Å². The van der Waals surface area contributed by atoms with Gasteiger partial charge in [0.2, 0.25) is 5.91 Å². The Hall–Kier alpha value is -1.22. The molecule has 0 fully saturated rings. The van der Waals surface area contributed by atoms with Gasteiger partial charge < -0.3 is 15.5 Å². The van der Waals surface area contributed by atoms with Gasteiger partial charge in [-0.1, -0.05) is 167 Å². The molecule has 7 nitrogen and oxygen atoms in total. The Morgan fingerprint density at radius 3 is 1.39 bits per heavy atom. The summed E-state index contributed by atoms with van der Waals surface area (Å²) in [6.45, 7) is 4.48. The molecule has 0 aliphatic rings. The van der Waals surface area contributed by atoms with E-state index in [4.69, 9.17) is 0 Å². The number of rotatable bonds is 34. The van der Waals surface area contributed by atoms with Gasteiger partial charge in [-0.3, -0.25) is 9.35 Å². The van der Waals surface area contributed by atoms with Crippen molar-refractivity contribution in [1.29, 1.82) is 0 Å². The normalized spacial score (nSPS) is 14.3. The second-order valence-electron chi connectivity index (χ2n) is 13.3. The molecular formula is C38H73NO6S. The topological polar surface area (TPSA) is 124 Å². The molecule has 4 N–H and O–H groups in total. The summed E-state index contributed by atoms with van der Waals surface area (Å²) < 4.78 is 32.4. The number of nitrogens with one attached hydrogen (secondary N) is 1. The Bertz CT molecular complexity index is 844. The first-order chi connectivity index (χ1) is 22.2. The number of allylic oxidation sites excluding steroid dienone is 3. The highest BCUT2D eigenvalue weighted by Crippen LogP contribution is 2.14. The molecule has 0 heterocycles. The van der Waals surface area contributed by atoms with Crippen LogP contribution in [0.3, 0.4) is 0 Å². The van der Waals surface area contributed by atoms with Crippen molar-refractivity contribution in [3.05, 3.63) is 24.3 Å². The van der Waals surface area contributed by atoms with Gasteiger partial charge >= 0.3 is 0 Å². The van der Waals surface area contributed by atoms with Gasteiger partial charge in [-0.25, -0.2) is 0 Å². The van der Waals surface area contributed by atoms with Gasteiger partial charge in [-0.2, -0.15) is 8.42 Å². The third-order valence-corrected chi connectivity index (χ3v) is 9.51. The molecule has 0 aliphatic heterocycles. The van der Waals surface area contributed by atoms with E-state index in [1.165, 1.54) is 122 Å². The molecule has 46 heavy (non-hydrogen) atoms. The molecule has 0 aromatic heterocycles. The van der Waals surface area contributed by atoms with Gasteiger partial charge in [-0.05, 0) is 44.9 Å². The van der Waals surface area contributed by atoms with E-state index < -0.39 is 40.0 Å². The lowest BCUT2D eigenvalue weighted by Crippen LogP contribution is -2.50. The van der Waals surface area contributed by atoms with Gasteiger partial charge in [-0.15, -0.1) is 0 Å². The van der Waals surface area contributed by atoms with E-state index in [1.807, 2.05) is 0 Å². The van der Waals surface area contributed by atoms with Crippen LogP contribution in [0.2, 0.25) is 0 Å². The summed E-state index contributed by atoms with van der Waals surface area (Å²) in [5.74, 6) is -1.54. The van der Waals surface area contributed by atoms with Crippen LogP contribution in [-0.2, 0) is 14.9 Å². The van der Waals surface area contributed by atoms with E-state index in [9.17, 15) is 28.0 Å². The largest absolute Gasteiger partial charge is 0.387 e. The van der Waals surface area contributed by atoms with Crippen LogP contribution in [0.5, 0.6) is 0 Å². The fraction of sp³-hybridized carbons (Fsp3) is 0.868. The van der Waals surface area contributed by atoms with Gasteiger partial charge in [0.1, 0.15) is 6.10 Å². The molecule has 0 saturated carbocycles. The molecule has 272 valence electrons. The predicted octanol–water partition coefficient (Wildman–Crippen LogP) is 9.77. The molecule has 0 radical (unpaired) electrons. The van der Waals surface area contributed by atoms with Crippen molar-refractivity contribution in [2.24, 2.45) is 0 Å². The Balaban J connectivity index is 4.11. The Morgan fingerprint density at radius 2 is 0.957 bits per heavy atom. The number of hydrogen-bond acceptors (Lipinski definition) is 5. The van der Waals surface area contributed by atoms with Crippen molar-refractivity contribution in [2.75, 3.05) is 5.75 Å². The zero-order valence-corrected chi connectivity index (χ0v) is 30.6. The quantitative estimate of drug-likeness (QED) is 0.0307. The lowest BCUT2D eigenvalue weighted by Gasteiger charge is -2.22. The summed E-state index contributed by atoms with van der Waals surface area (Å²) >= 11 is 0. The van der Waals surface area contributed by atoms with E-state index in [0.717, 1.165) is 44.9 Å². The van der Waals surface area contributed by atoms with E-state index >= 15 is 0 Å². The Labute approximate surface area is 284 Å². The molecule has 1 amide bonds. The molecule has 0 aromatic carbocycles. The first-order valence-electron chi connectivity index (χ1n) is 19.1. The summed E-state index contributed by atoms with van der Waals surface area (Å²) in [5, 5.41) is 23.3. The minimum absolute atomic E-state index is 0.274. The van der Waals surface area contributed by atoms with Gasteiger partial charge in [0.15, 0.2) is 0 Å². The average Bonchev–Trinajstić information content (AvgIpc) is 3.01. The van der Waals surface area contributed by atoms with Crippen LogP contribution in [-0.4, -0.2) is 53.1 Å². The summed E-state index contributed by atoms with van der Waals surface area (Å²) in [5.41, 5.74) is 0. The third-order valence-electron chi connectivity index (χ3n) is 8.73. The molecule has 8 heteroatoms. The van der Waals surface area contributed by atoms with Crippen molar-refractivity contribution in [3.63, 3.8) is 0 Å². The molecular weight excluding hydrogens is 598 g/mol. The highest BCUT2D eigenvalue weighted by atomic mass is 32.2. The van der Waals surface area contributed by atoms with Crippen LogP contribution in [0, 0.1) is 0 Å². The van der Waals surface area contributed by atoms with E-state index in [1.54, 1.807) is 6.08 Å². The smallest absolute Gasteiger partial charge is 0.267 e. The predicted molar refractivity (Wildman–Crippen MR) is 195 cm³/mol. The summed E-state index contributed by atoms with van der Waals surface area (Å²) in [4.78, 5) is 12.5. The standard InChI is InChI=1S/C38H73NO6S/c1-3-5-7-9-11-13-15-17-19-21-22-24-26-28-30-32-36(40)35(34-46(43,44)45)39-38(42)37(41)33-31-29-27-25-23-20-18-16-14-12-10-8-6-4-2/h14,16,30,32,35-37,40-41H,3-13,15,17-29,31,33-34H2,1-2H3,(H,39,42)(H,43,44,45)/b16-14-,32-30+. The number of unbranched alkanes of at least 4 members (excludes halogenated alkanes) is 23. The molecule has 0 saturated heterocycles. The number of aliphatic hydroxyl groups is 2. The van der Waals surface area contributed by atoms with Crippen LogP contribution in [0.15, 0.2) is 24.3 Å². The monoisotopic (exact) mass is 672 g/mol. The van der Waals surface area contributed by atoms with E-state index in [0.29, 0.717) is 6.42 Å². The molecule has 0 rings (SSSR count). The lowest BCUT2D eigenvalue weighted by atomic mass is 10.0. The van der Waals surface area contributed by atoms with Crippen molar-refractivity contribution in [1.82, 2.24) is 5.32 Å². The van der Waals surface area contributed by atoms with Crippen LogP contribution in [0.4, 0.5) is 0 Å². The lowest BCUT2D eigenvalue weighted by molar-refractivity contribution is -0.130. The zero-order chi connectivity index (χ0) is 34.1. The minimum Gasteiger partial charge on any atom is -0.387 e. The number of carbonyl (C=O) groups is 1. The second kappa shape index (κ2) is 32.3. The van der Waals surface area contributed by atoms with Gasteiger partial charge in [0.25, 0.3) is 10.1 Å². The molecule has 0 aliphatic carbocycles. The SMILES string of the molecule is CCCCCC/C=C\CCCCCCCCC(O)C(=O)NC(CS(=O)(=O)O)C(O)/C=C/CCCCCCCCCCCCCCC. The zero-order valence-electron chi connectivity index (χ0n) is 29.8. The average molecular weight is 672 g/mol. The maximum atomic E-state index is 12.5. The first-order valence-corrected chi connectivity index (χ1v) is 20.8.